The van der Waals surface area contributed by atoms with Crippen molar-refractivity contribution in [3.63, 3.8) is 0 Å². The van der Waals surface area contributed by atoms with Gasteiger partial charge in [0, 0.05) is 6.54 Å². The van der Waals surface area contributed by atoms with Crippen molar-refractivity contribution in [2.24, 2.45) is 5.92 Å². The monoisotopic (exact) mass is 262 g/mol. The minimum atomic E-state index is 0.729. The van der Waals surface area contributed by atoms with E-state index in [1.54, 1.807) is 0 Å². The molecular weight excluding hydrogens is 236 g/mol. The third-order valence-electron chi connectivity index (χ3n) is 3.70. The standard InChI is InChI=1S/C16H26N2O/c1-3-19-16-7-6-14(9-13(16)2)10-18-12-15-5-4-8-17-11-15/h6-7,9,15,17-18H,3-5,8,10-12H2,1-2H3. The maximum absolute atomic E-state index is 5.56. The van der Waals surface area contributed by atoms with E-state index in [9.17, 15) is 0 Å². The predicted octanol–water partition coefficient (Wildman–Crippen LogP) is 2.48. The van der Waals surface area contributed by atoms with Crippen LogP contribution in [0.15, 0.2) is 18.2 Å². The first-order chi connectivity index (χ1) is 9.29. The van der Waals surface area contributed by atoms with E-state index in [1.165, 1.54) is 30.5 Å². The van der Waals surface area contributed by atoms with Gasteiger partial charge in [-0.15, -0.1) is 0 Å². The van der Waals surface area contributed by atoms with E-state index in [0.717, 1.165) is 37.9 Å². The van der Waals surface area contributed by atoms with Gasteiger partial charge in [0.25, 0.3) is 0 Å². The van der Waals surface area contributed by atoms with Gasteiger partial charge in [-0.25, -0.2) is 0 Å². The molecule has 0 aromatic heterocycles. The third kappa shape index (κ3) is 4.51. The van der Waals surface area contributed by atoms with Crippen LogP contribution in [0.5, 0.6) is 5.75 Å². The zero-order valence-corrected chi connectivity index (χ0v) is 12.2. The van der Waals surface area contributed by atoms with Crippen LogP contribution in [0, 0.1) is 12.8 Å². The van der Waals surface area contributed by atoms with Gasteiger partial charge in [0.05, 0.1) is 6.61 Å². The summed E-state index contributed by atoms with van der Waals surface area (Å²) in [6.45, 7) is 9.27. The van der Waals surface area contributed by atoms with Crippen LogP contribution in [-0.2, 0) is 6.54 Å². The van der Waals surface area contributed by atoms with E-state index in [0.29, 0.717) is 0 Å². The summed E-state index contributed by atoms with van der Waals surface area (Å²) in [5.74, 6) is 1.79. The van der Waals surface area contributed by atoms with Gasteiger partial charge >= 0.3 is 0 Å². The number of nitrogens with one attached hydrogen (secondary N) is 2. The molecule has 0 aliphatic carbocycles. The second kappa shape index (κ2) is 7.51. The van der Waals surface area contributed by atoms with Gasteiger partial charge < -0.3 is 15.4 Å². The minimum absolute atomic E-state index is 0.729. The first-order valence-corrected chi connectivity index (χ1v) is 7.43. The van der Waals surface area contributed by atoms with Crippen molar-refractivity contribution in [2.45, 2.75) is 33.2 Å². The van der Waals surface area contributed by atoms with Crippen LogP contribution >= 0.6 is 0 Å². The number of hydrogen-bond acceptors (Lipinski definition) is 3. The minimum Gasteiger partial charge on any atom is -0.494 e. The van der Waals surface area contributed by atoms with Crippen LogP contribution in [0.4, 0.5) is 0 Å². The van der Waals surface area contributed by atoms with E-state index in [4.69, 9.17) is 4.74 Å². The molecule has 0 spiro atoms. The summed E-state index contributed by atoms with van der Waals surface area (Å²) < 4.78 is 5.56. The molecule has 1 aliphatic heterocycles. The Kier molecular flexibility index (Phi) is 5.67. The van der Waals surface area contributed by atoms with Crippen molar-refractivity contribution in [1.29, 1.82) is 0 Å². The fourth-order valence-corrected chi connectivity index (χ4v) is 2.66. The van der Waals surface area contributed by atoms with E-state index < -0.39 is 0 Å². The first kappa shape index (κ1) is 14.4. The Balaban J connectivity index is 1.77. The largest absolute Gasteiger partial charge is 0.494 e. The van der Waals surface area contributed by atoms with Crippen LogP contribution in [0.25, 0.3) is 0 Å². The Bertz CT molecular complexity index is 386. The van der Waals surface area contributed by atoms with Gasteiger partial charge in [-0.2, -0.15) is 0 Å². The molecule has 1 aromatic carbocycles. The van der Waals surface area contributed by atoms with Gasteiger partial charge in [0.1, 0.15) is 5.75 Å². The summed E-state index contributed by atoms with van der Waals surface area (Å²) in [6, 6.07) is 6.46. The molecular formula is C16H26N2O. The molecule has 0 radical (unpaired) electrons. The Hall–Kier alpha value is -1.06. The van der Waals surface area contributed by atoms with Gasteiger partial charge in [0.2, 0.25) is 0 Å². The van der Waals surface area contributed by atoms with Crippen LogP contribution in [0.2, 0.25) is 0 Å². The van der Waals surface area contributed by atoms with E-state index in [1.807, 2.05) is 6.92 Å². The fraction of sp³-hybridized carbons (Fsp3) is 0.625. The summed E-state index contributed by atoms with van der Waals surface area (Å²) in [4.78, 5) is 0. The highest BCUT2D eigenvalue weighted by atomic mass is 16.5. The molecule has 1 fully saturated rings. The molecule has 0 amide bonds. The normalized spacial score (nSPS) is 19.4. The molecule has 3 nitrogen and oxygen atoms in total. The lowest BCUT2D eigenvalue weighted by Gasteiger charge is -2.23. The fourth-order valence-electron chi connectivity index (χ4n) is 2.66. The summed E-state index contributed by atoms with van der Waals surface area (Å²) in [6.07, 6.45) is 2.66. The highest BCUT2D eigenvalue weighted by Crippen LogP contribution is 2.19. The van der Waals surface area contributed by atoms with Gasteiger partial charge in [-0.3, -0.25) is 0 Å². The second-order valence-corrected chi connectivity index (χ2v) is 5.38. The zero-order valence-electron chi connectivity index (χ0n) is 12.2. The van der Waals surface area contributed by atoms with Crippen molar-refractivity contribution < 1.29 is 4.74 Å². The molecule has 1 heterocycles. The quantitative estimate of drug-likeness (QED) is 0.826. The Morgan fingerprint density at radius 2 is 2.32 bits per heavy atom. The SMILES string of the molecule is CCOc1ccc(CNCC2CCCNC2)cc1C. The zero-order chi connectivity index (χ0) is 13.5. The molecule has 2 N–H and O–H groups in total. The highest BCUT2D eigenvalue weighted by Gasteiger charge is 2.11. The number of hydrogen-bond donors (Lipinski definition) is 2. The summed E-state index contributed by atoms with van der Waals surface area (Å²) in [7, 11) is 0. The summed E-state index contributed by atoms with van der Waals surface area (Å²) in [5, 5.41) is 7.03. The average Bonchev–Trinajstić information content (AvgIpc) is 2.43. The average molecular weight is 262 g/mol. The number of rotatable bonds is 6. The van der Waals surface area contributed by atoms with Gasteiger partial charge in [-0.1, -0.05) is 12.1 Å². The van der Waals surface area contributed by atoms with Crippen molar-refractivity contribution in [3.8, 4) is 5.75 Å². The van der Waals surface area contributed by atoms with Crippen LogP contribution in [0.1, 0.15) is 30.9 Å². The number of benzene rings is 1. The smallest absolute Gasteiger partial charge is 0.122 e. The molecule has 0 bridgehead atoms. The maximum Gasteiger partial charge on any atom is 0.122 e. The van der Waals surface area contributed by atoms with E-state index >= 15 is 0 Å². The molecule has 106 valence electrons. The first-order valence-electron chi connectivity index (χ1n) is 7.43. The number of ether oxygens (including phenoxy) is 1. The second-order valence-electron chi connectivity index (χ2n) is 5.38. The molecule has 1 atom stereocenters. The van der Waals surface area contributed by atoms with E-state index in [-0.39, 0.29) is 0 Å². The Labute approximate surface area is 116 Å². The molecule has 1 aromatic rings. The van der Waals surface area contributed by atoms with Crippen LogP contribution < -0.4 is 15.4 Å². The lowest BCUT2D eigenvalue weighted by Crippen LogP contribution is -2.35. The van der Waals surface area contributed by atoms with Gasteiger partial charge in [0.15, 0.2) is 0 Å². The van der Waals surface area contributed by atoms with Crippen molar-refractivity contribution >= 4 is 0 Å². The van der Waals surface area contributed by atoms with Crippen LogP contribution in [-0.4, -0.2) is 26.2 Å². The molecule has 3 heteroatoms. The summed E-state index contributed by atoms with van der Waals surface area (Å²) >= 11 is 0. The van der Waals surface area contributed by atoms with Crippen LogP contribution in [0.3, 0.4) is 0 Å². The summed E-state index contributed by atoms with van der Waals surface area (Å²) in [5.41, 5.74) is 2.56. The van der Waals surface area contributed by atoms with Crippen molar-refractivity contribution in [1.82, 2.24) is 10.6 Å². The predicted molar refractivity (Wildman–Crippen MR) is 79.6 cm³/mol. The molecule has 2 rings (SSSR count). The molecule has 0 saturated carbocycles. The van der Waals surface area contributed by atoms with Crippen molar-refractivity contribution in [3.05, 3.63) is 29.3 Å². The maximum atomic E-state index is 5.56. The number of piperidine rings is 1. The molecule has 1 saturated heterocycles. The lowest BCUT2D eigenvalue weighted by molar-refractivity contribution is 0.337. The molecule has 1 unspecified atom stereocenters. The lowest BCUT2D eigenvalue weighted by atomic mass is 10.00. The number of aryl methyl sites for hydroxylation is 1. The van der Waals surface area contributed by atoms with Crippen molar-refractivity contribution in [2.75, 3.05) is 26.2 Å². The van der Waals surface area contributed by atoms with Gasteiger partial charge in [-0.05, 0) is 69.4 Å². The Morgan fingerprint density at radius 3 is 3.00 bits per heavy atom. The topological polar surface area (TPSA) is 33.3 Å². The Morgan fingerprint density at radius 1 is 1.42 bits per heavy atom. The highest BCUT2D eigenvalue weighted by molar-refractivity contribution is 5.36. The third-order valence-corrected chi connectivity index (χ3v) is 3.70. The van der Waals surface area contributed by atoms with E-state index in [2.05, 4.69) is 35.8 Å². The molecule has 1 aliphatic rings. The molecule has 19 heavy (non-hydrogen) atoms.